The second kappa shape index (κ2) is 5.75. The average molecular weight is 347 g/mol. The summed E-state index contributed by atoms with van der Waals surface area (Å²) >= 11 is 2.97. The number of anilines is 1. The molecule has 2 N–H and O–H groups in total. The van der Waals surface area contributed by atoms with Crippen molar-refractivity contribution in [3.63, 3.8) is 0 Å². The molecule has 0 fully saturated rings. The zero-order valence-corrected chi connectivity index (χ0v) is 12.0. The summed E-state index contributed by atoms with van der Waals surface area (Å²) in [7, 11) is -1.64. The summed E-state index contributed by atoms with van der Waals surface area (Å²) in [5, 5.41) is 0. The molecular weight excluding hydrogens is 338 g/mol. The monoisotopic (exact) mass is 346 g/mol. The summed E-state index contributed by atoms with van der Waals surface area (Å²) in [5.74, 6) is -1.77. The molecule has 0 aliphatic rings. The molecule has 1 aromatic heterocycles. The standard InChI is InChI=1S/C12H9BrF2N2OS/c13-8-1-2-9(14)7(12(8)15)6-19(18)11-3-4-17-5-10(11)16/h1-5H,6,16H2. The van der Waals surface area contributed by atoms with Crippen LogP contribution in [0.1, 0.15) is 5.56 Å². The molecule has 7 heteroatoms. The number of benzene rings is 1. The van der Waals surface area contributed by atoms with Crippen molar-refractivity contribution in [3.05, 3.63) is 52.3 Å². The lowest BCUT2D eigenvalue weighted by molar-refractivity contribution is 0.560. The minimum atomic E-state index is -1.64. The lowest BCUT2D eigenvalue weighted by atomic mass is 10.2. The van der Waals surface area contributed by atoms with Crippen molar-refractivity contribution in [1.82, 2.24) is 4.98 Å². The Morgan fingerprint density at radius 2 is 2.05 bits per heavy atom. The maximum atomic E-state index is 13.8. The Morgan fingerprint density at radius 3 is 2.74 bits per heavy atom. The third-order valence-corrected chi connectivity index (χ3v) is 4.50. The molecule has 0 saturated heterocycles. The largest absolute Gasteiger partial charge is 0.396 e. The van der Waals surface area contributed by atoms with Gasteiger partial charge >= 0.3 is 0 Å². The maximum Gasteiger partial charge on any atom is 0.144 e. The fraction of sp³-hybridized carbons (Fsp3) is 0.0833. The number of rotatable bonds is 3. The lowest BCUT2D eigenvalue weighted by Gasteiger charge is -2.08. The third kappa shape index (κ3) is 2.98. The second-order valence-corrected chi connectivity index (χ2v) is 6.00. The van der Waals surface area contributed by atoms with Crippen molar-refractivity contribution in [2.24, 2.45) is 0 Å². The Labute approximate surface area is 119 Å². The van der Waals surface area contributed by atoms with E-state index in [0.29, 0.717) is 4.90 Å². The molecule has 1 unspecified atom stereocenters. The van der Waals surface area contributed by atoms with Crippen LogP contribution in [0.5, 0.6) is 0 Å². The molecule has 0 aliphatic heterocycles. The Balaban J connectivity index is 2.35. The van der Waals surface area contributed by atoms with Gasteiger partial charge in [0.15, 0.2) is 0 Å². The minimum Gasteiger partial charge on any atom is -0.396 e. The molecule has 2 aromatic rings. The Bertz CT molecular complexity index is 652. The Morgan fingerprint density at radius 1 is 1.32 bits per heavy atom. The van der Waals surface area contributed by atoms with Crippen LogP contribution in [0, 0.1) is 11.6 Å². The van der Waals surface area contributed by atoms with Gasteiger partial charge in [-0.3, -0.25) is 9.19 Å². The molecule has 19 heavy (non-hydrogen) atoms. The number of nitrogens with two attached hydrogens (primary N) is 1. The molecule has 0 amide bonds. The van der Waals surface area contributed by atoms with E-state index in [1.807, 2.05) is 0 Å². The minimum absolute atomic E-state index is 0.128. The van der Waals surface area contributed by atoms with Crippen LogP contribution < -0.4 is 5.73 Å². The van der Waals surface area contributed by atoms with E-state index < -0.39 is 22.4 Å². The molecule has 3 nitrogen and oxygen atoms in total. The summed E-state index contributed by atoms with van der Waals surface area (Å²) < 4.78 is 39.6. The van der Waals surface area contributed by atoms with Crippen molar-refractivity contribution < 1.29 is 13.0 Å². The van der Waals surface area contributed by atoms with E-state index in [9.17, 15) is 13.0 Å². The van der Waals surface area contributed by atoms with Gasteiger partial charge in [-0.05, 0) is 34.1 Å². The van der Waals surface area contributed by atoms with Gasteiger partial charge in [-0.1, -0.05) is 0 Å². The first-order valence-electron chi connectivity index (χ1n) is 5.21. The van der Waals surface area contributed by atoms with E-state index in [1.165, 1.54) is 24.5 Å². The number of hydrogen-bond acceptors (Lipinski definition) is 3. The normalized spacial score (nSPS) is 12.4. The topological polar surface area (TPSA) is 56.0 Å². The highest BCUT2D eigenvalue weighted by atomic mass is 79.9. The zero-order valence-electron chi connectivity index (χ0n) is 9.57. The molecule has 0 aliphatic carbocycles. The van der Waals surface area contributed by atoms with Crippen LogP contribution in [0.4, 0.5) is 14.5 Å². The van der Waals surface area contributed by atoms with Gasteiger partial charge < -0.3 is 5.73 Å². The van der Waals surface area contributed by atoms with E-state index in [0.717, 1.165) is 6.07 Å². The van der Waals surface area contributed by atoms with Crippen LogP contribution >= 0.6 is 15.9 Å². The van der Waals surface area contributed by atoms with Crippen molar-refractivity contribution in [2.45, 2.75) is 10.6 Å². The molecule has 1 aromatic carbocycles. The number of aromatic nitrogens is 1. The molecule has 0 saturated carbocycles. The molecule has 1 heterocycles. The molecule has 1 atom stereocenters. The maximum absolute atomic E-state index is 13.8. The van der Waals surface area contributed by atoms with Gasteiger partial charge in [0.1, 0.15) is 11.6 Å². The first-order chi connectivity index (χ1) is 9.00. The van der Waals surface area contributed by atoms with Gasteiger partial charge in [0.05, 0.1) is 37.8 Å². The highest BCUT2D eigenvalue weighted by Crippen LogP contribution is 2.25. The summed E-state index contributed by atoms with van der Waals surface area (Å²) in [6, 6.07) is 3.85. The van der Waals surface area contributed by atoms with Crippen molar-refractivity contribution in [1.29, 1.82) is 0 Å². The first-order valence-corrected chi connectivity index (χ1v) is 7.32. The predicted molar refractivity (Wildman–Crippen MR) is 72.8 cm³/mol. The van der Waals surface area contributed by atoms with Crippen LogP contribution in [0.3, 0.4) is 0 Å². The van der Waals surface area contributed by atoms with Crippen LogP contribution in [0.25, 0.3) is 0 Å². The van der Waals surface area contributed by atoms with Crippen LogP contribution in [-0.4, -0.2) is 9.19 Å². The van der Waals surface area contributed by atoms with Gasteiger partial charge in [0.25, 0.3) is 0 Å². The highest BCUT2D eigenvalue weighted by molar-refractivity contribution is 9.10. The van der Waals surface area contributed by atoms with Gasteiger partial charge in [-0.2, -0.15) is 0 Å². The summed E-state index contributed by atoms with van der Waals surface area (Å²) in [4.78, 5) is 4.08. The average Bonchev–Trinajstić information content (AvgIpc) is 2.39. The molecular formula is C12H9BrF2N2OS. The van der Waals surface area contributed by atoms with E-state index in [1.54, 1.807) is 0 Å². The van der Waals surface area contributed by atoms with Crippen molar-refractivity contribution in [2.75, 3.05) is 5.73 Å². The van der Waals surface area contributed by atoms with Gasteiger partial charge in [-0.25, -0.2) is 8.78 Å². The second-order valence-electron chi connectivity index (χ2n) is 3.73. The summed E-state index contributed by atoms with van der Waals surface area (Å²) in [5.41, 5.74) is 5.63. The smallest absolute Gasteiger partial charge is 0.144 e. The highest BCUT2D eigenvalue weighted by Gasteiger charge is 2.17. The number of nitrogen functional groups attached to an aromatic ring is 1. The van der Waals surface area contributed by atoms with Gasteiger partial charge in [0.2, 0.25) is 0 Å². The quantitative estimate of drug-likeness (QED) is 0.869. The van der Waals surface area contributed by atoms with E-state index in [2.05, 4.69) is 20.9 Å². The number of halogens is 3. The molecule has 0 radical (unpaired) electrons. The number of pyridine rings is 1. The van der Waals surface area contributed by atoms with Crippen molar-refractivity contribution >= 4 is 32.4 Å². The Hall–Kier alpha value is -1.34. The van der Waals surface area contributed by atoms with E-state index >= 15 is 0 Å². The van der Waals surface area contributed by atoms with Gasteiger partial charge in [-0.15, -0.1) is 0 Å². The van der Waals surface area contributed by atoms with Crippen LogP contribution in [-0.2, 0) is 16.6 Å². The Kier molecular flexibility index (Phi) is 4.26. The van der Waals surface area contributed by atoms with E-state index in [-0.39, 0.29) is 21.5 Å². The number of hydrogen-bond donors (Lipinski definition) is 1. The fourth-order valence-electron chi connectivity index (χ4n) is 1.51. The van der Waals surface area contributed by atoms with Crippen LogP contribution in [0.2, 0.25) is 0 Å². The van der Waals surface area contributed by atoms with E-state index in [4.69, 9.17) is 5.73 Å². The van der Waals surface area contributed by atoms with Gasteiger partial charge in [0, 0.05) is 11.8 Å². The molecule has 2 rings (SSSR count). The lowest BCUT2D eigenvalue weighted by Crippen LogP contribution is -2.05. The molecule has 100 valence electrons. The molecule has 0 bridgehead atoms. The zero-order chi connectivity index (χ0) is 14.0. The molecule has 0 spiro atoms. The first kappa shape index (κ1) is 14.1. The summed E-state index contributed by atoms with van der Waals surface area (Å²) in [6.45, 7) is 0. The number of nitrogens with zero attached hydrogens (tertiary/aromatic N) is 1. The summed E-state index contributed by atoms with van der Waals surface area (Å²) in [6.07, 6.45) is 2.78. The fourth-order valence-corrected chi connectivity index (χ4v) is 3.09. The predicted octanol–water partition coefficient (Wildman–Crippen LogP) is 3.01. The van der Waals surface area contributed by atoms with Crippen molar-refractivity contribution in [3.8, 4) is 0 Å². The third-order valence-electron chi connectivity index (χ3n) is 2.47. The SMILES string of the molecule is Nc1cnccc1S(=O)Cc1c(F)ccc(Br)c1F. The van der Waals surface area contributed by atoms with Crippen LogP contribution in [0.15, 0.2) is 40.0 Å².